The molecule has 0 spiro atoms. The molecule has 0 aliphatic rings. The summed E-state index contributed by atoms with van der Waals surface area (Å²) in [4.78, 5) is 15.7. The number of fused-ring (bicyclic) bond motifs is 3. The quantitative estimate of drug-likeness (QED) is 0.154. The maximum atomic E-state index is 5.31. The summed E-state index contributed by atoms with van der Waals surface area (Å²) in [5.41, 5.74) is 15.1. The molecule has 61 heavy (non-hydrogen) atoms. The minimum absolute atomic E-state index is 0.600. The lowest BCUT2D eigenvalue weighted by Gasteiger charge is -2.18. The molecular weight excluding hydrogens is 741 g/mol. The molecule has 4 heteroatoms. The molecule has 0 aliphatic heterocycles. The number of para-hydroxylation sites is 2. The van der Waals surface area contributed by atoms with E-state index in [1.54, 1.807) is 0 Å². The minimum atomic E-state index is 0.600. The number of benzene rings is 9. The van der Waals surface area contributed by atoms with E-state index in [4.69, 9.17) is 15.0 Å². The zero-order valence-electron chi connectivity index (χ0n) is 33.2. The summed E-state index contributed by atoms with van der Waals surface area (Å²) >= 11 is 0. The largest absolute Gasteiger partial charge is 0.309 e. The summed E-state index contributed by atoms with van der Waals surface area (Å²) in [7, 11) is 0. The van der Waals surface area contributed by atoms with Crippen LogP contribution in [-0.4, -0.2) is 19.5 Å². The summed E-state index contributed by atoms with van der Waals surface area (Å²) in [5, 5.41) is 2.40. The summed E-state index contributed by atoms with van der Waals surface area (Å²) in [6.07, 6.45) is 0. The van der Waals surface area contributed by atoms with Crippen molar-refractivity contribution in [2.45, 2.75) is 0 Å². The van der Waals surface area contributed by atoms with E-state index >= 15 is 0 Å². The smallest absolute Gasteiger partial charge is 0.164 e. The van der Waals surface area contributed by atoms with E-state index in [1.165, 1.54) is 21.9 Å². The van der Waals surface area contributed by atoms with Gasteiger partial charge in [-0.3, -0.25) is 0 Å². The van der Waals surface area contributed by atoms with Gasteiger partial charge in [-0.25, -0.2) is 15.0 Å². The summed E-state index contributed by atoms with van der Waals surface area (Å²) in [6, 6.07) is 81.3. The highest BCUT2D eigenvalue weighted by molar-refractivity contribution is 6.10. The molecule has 0 atom stereocenters. The Morgan fingerprint density at radius 2 is 0.672 bits per heavy atom. The SMILES string of the molecule is c1ccc(-c2cc(-c3ccccc3)cc(-c3ccc(-c4nc(-c5ccccc5)nc(-c5ccccc5-c5ccccc5)n4)cc3-n3c4ccccc4c4ccccc43)c2)cc1. The number of nitrogens with zero attached hydrogens (tertiary/aromatic N) is 4. The van der Waals surface area contributed by atoms with Gasteiger partial charge in [-0.15, -0.1) is 0 Å². The van der Waals surface area contributed by atoms with E-state index in [1.807, 2.05) is 24.3 Å². The van der Waals surface area contributed by atoms with Crippen LogP contribution in [0.2, 0.25) is 0 Å². The normalized spacial score (nSPS) is 11.3. The zero-order valence-corrected chi connectivity index (χ0v) is 33.2. The molecule has 2 aromatic heterocycles. The molecule has 2 heterocycles. The van der Waals surface area contributed by atoms with Crippen molar-refractivity contribution >= 4 is 21.8 Å². The minimum Gasteiger partial charge on any atom is -0.309 e. The Morgan fingerprint density at radius 3 is 1.25 bits per heavy atom. The molecule has 4 nitrogen and oxygen atoms in total. The summed E-state index contributed by atoms with van der Waals surface area (Å²) in [6.45, 7) is 0. The third-order valence-electron chi connectivity index (χ3n) is 11.5. The Kier molecular flexibility index (Phi) is 9.14. The van der Waals surface area contributed by atoms with Gasteiger partial charge in [0.2, 0.25) is 0 Å². The third kappa shape index (κ3) is 6.76. The number of hydrogen-bond acceptors (Lipinski definition) is 3. The number of rotatable bonds is 8. The van der Waals surface area contributed by atoms with Gasteiger partial charge in [-0.05, 0) is 75.3 Å². The van der Waals surface area contributed by atoms with Crippen LogP contribution in [0.15, 0.2) is 231 Å². The van der Waals surface area contributed by atoms with Gasteiger partial charge in [0, 0.05) is 33.0 Å². The van der Waals surface area contributed by atoms with Crippen LogP contribution in [0.4, 0.5) is 0 Å². The van der Waals surface area contributed by atoms with Crippen LogP contribution in [0.1, 0.15) is 0 Å². The van der Waals surface area contributed by atoms with Crippen LogP contribution in [0, 0.1) is 0 Å². The Morgan fingerprint density at radius 1 is 0.246 bits per heavy atom. The first kappa shape index (κ1) is 35.9. The molecule has 0 saturated carbocycles. The lowest BCUT2D eigenvalue weighted by molar-refractivity contribution is 1.07. The highest BCUT2D eigenvalue weighted by atomic mass is 15.0. The second-order valence-corrected chi connectivity index (χ2v) is 15.2. The van der Waals surface area contributed by atoms with Crippen molar-refractivity contribution in [3.63, 3.8) is 0 Å². The first-order valence-electron chi connectivity index (χ1n) is 20.6. The standard InChI is InChI=1S/C57H38N4/c1-5-19-39(20-6-1)44-35-45(40-21-7-2-8-22-40)37-46(36-44)48-34-33-43(38-54(48)61-52-31-17-15-28-49(52)50-29-16-18-32-53(50)61)56-58-55(42-25-11-4-12-26-42)59-57(60-56)51-30-14-13-27-47(51)41-23-9-3-10-24-41/h1-38H. The van der Waals surface area contributed by atoms with Crippen molar-refractivity contribution in [2.24, 2.45) is 0 Å². The van der Waals surface area contributed by atoms with Crippen LogP contribution >= 0.6 is 0 Å². The van der Waals surface area contributed by atoms with Crippen molar-refractivity contribution in [3.05, 3.63) is 231 Å². The average Bonchev–Trinajstić information content (AvgIpc) is 3.69. The second-order valence-electron chi connectivity index (χ2n) is 15.2. The molecule has 0 fully saturated rings. The van der Waals surface area contributed by atoms with Crippen molar-refractivity contribution in [3.8, 4) is 84.4 Å². The molecule has 9 aromatic carbocycles. The fourth-order valence-corrected chi connectivity index (χ4v) is 8.55. The Balaban J connectivity index is 1.19. The van der Waals surface area contributed by atoms with Gasteiger partial charge in [0.15, 0.2) is 17.5 Å². The van der Waals surface area contributed by atoms with Crippen molar-refractivity contribution in [2.75, 3.05) is 0 Å². The molecule has 0 saturated heterocycles. The maximum absolute atomic E-state index is 5.31. The lowest BCUT2D eigenvalue weighted by Crippen LogP contribution is -2.03. The third-order valence-corrected chi connectivity index (χ3v) is 11.5. The Hall–Kier alpha value is -8.21. The van der Waals surface area contributed by atoms with Crippen molar-refractivity contribution < 1.29 is 0 Å². The summed E-state index contributed by atoms with van der Waals surface area (Å²) in [5.74, 6) is 1.84. The van der Waals surface area contributed by atoms with Gasteiger partial charge in [0.25, 0.3) is 0 Å². The van der Waals surface area contributed by atoms with E-state index in [0.717, 1.165) is 66.8 Å². The fraction of sp³-hybridized carbons (Fsp3) is 0. The van der Waals surface area contributed by atoms with Gasteiger partial charge in [-0.2, -0.15) is 0 Å². The molecule has 11 aromatic rings. The molecule has 11 rings (SSSR count). The molecule has 0 unspecified atom stereocenters. The maximum Gasteiger partial charge on any atom is 0.164 e. The number of aromatic nitrogens is 4. The van der Waals surface area contributed by atoms with Gasteiger partial charge in [0.05, 0.1) is 16.7 Å². The van der Waals surface area contributed by atoms with Crippen LogP contribution in [-0.2, 0) is 0 Å². The predicted molar refractivity (Wildman–Crippen MR) is 252 cm³/mol. The number of hydrogen-bond donors (Lipinski definition) is 0. The lowest BCUT2D eigenvalue weighted by atomic mass is 9.92. The molecule has 0 radical (unpaired) electrons. The van der Waals surface area contributed by atoms with E-state index in [2.05, 4.69) is 211 Å². The van der Waals surface area contributed by atoms with E-state index in [9.17, 15) is 0 Å². The molecular formula is C57H38N4. The van der Waals surface area contributed by atoms with E-state index in [-0.39, 0.29) is 0 Å². The van der Waals surface area contributed by atoms with Gasteiger partial charge in [0.1, 0.15) is 0 Å². The predicted octanol–water partition coefficient (Wildman–Crippen LogP) is 14.6. The Bertz CT molecular complexity index is 3230. The second kappa shape index (κ2) is 15.5. The highest BCUT2D eigenvalue weighted by Gasteiger charge is 2.21. The van der Waals surface area contributed by atoms with Crippen molar-refractivity contribution in [1.82, 2.24) is 19.5 Å². The Labute approximate surface area is 354 Å². The first-order chi connectivity index (χ1) is 30.2. The van der Waals surface area contributed by atoms with Gasteiger partial charge < -0.3 is 4.57 Å². The molecule has 286 valence electrons. The monoisotopic (exact) mass is 778 g/mol. The van der Waals surface area contributed by atoms with Crippen LogP contribution in [0.25, 0.3) is 106 Å². The first-order valence-corrected chi connectivity index (χ1v) is 20.6. The van der Waals surface area contributed by atoms with Crippen molar-refractivity contribution in [1.29, 1.82) is 0 Å². The highest BCUT2D eigenvalue weighted by Crippen LogP contribution is 2.41. The van der Waals surface area contributed by atoms with E-state index in [0.29, 0.717) is 17.5 Å². The van der Waals surface area contributed by atoms with Crippen LogP contribution in [0.3, 0.4) is 0 Å². The van der Waals surface area contributed by atoms with Gasteiger partial charge >= 0.3 is 0 Å². The van der Waals surface area contributed by atoms with Crippen LogP contribution < -0.4 is 0 Å². The van der Waals surface area contributed by atoms with Gasteiger partial charge in [-0.1, -0.05) is 194 Å². The molecule has 0 amide bonds. The van der Waals surface area contributed by atoms with Crippen LogP contribution in [0.5, 0.6) is 0 Å². The fourth-order valence-electron chi connectivity index (χ4n) is 8.55. The summed E-state index contributed by atoms with van der Waals surface area (Å²) < 4.78 is 2.41. The molecule has 0 N–H and O–H groups in total. The zero-order chi connectivity index (χ0) is 40.5. The molecule has 0 bridgehead atoms. The average molecular weight is 779 g/mol. The topological polar surface area (TPSA) is 43.6 Å². The van der Waals surface area contributed by atoms with E-state index < -0.39 is 0 Å². The molecule has 0 aliphatic carbocycles.